The van der Waals surface area contributed by atoms with Crippen LogP contribution < -0.4 is 0 Å². The molecule has 2 nitrogen and oxygen atoms in total. The zero-order chi connectivity index (χ0) is 13.7. The third-order valence-corrected chi connectivity index (χ3v) is 3.00. The number of carbonyl (C=O) groups excluding carboxylic acids is 1. The topological polar surface area (TPSA) is 26.3 Å². The van der Waals surface area contributed by atoms with Gasteiger partial charge < -0.3 is 4.74 Å². The molecule has 0 fully saturated rings. The van der Waals surface area contributed by atoms with Crippen LogP contribution in [0.5, 0.6) is 0 Å². The van der Waals surface area contributed by atoms with E-state index in [2.05, 4.69) is 6.58 Å². The lowest BCUT2D eigenvalue weighted by Crippen LogP contribution is -2.30. The predicted octanol–water partition coefficient (Wildman–Crippen LogP) is 3.68. The molecule has 96 valence electrons. The summed E-state index contributed by atoms with van der Waals surface area (Å²) < 4.78 is 5.60. The van der Waals surface area contributed by atoms with Crippen LogP contribution in [0.25, 0.3) is 0 Å². The van der Waals surface area contributed by atoms with Crippen molar-refractivity contribution in [2.45, 2.75) is 12.5 Å². The largest absolute Gasteiger partial charge is 0.445 e. The molecule has 19 heavy (non-hydrogen) atoms. The van der Waals surface area contributed by atoms with Gasteiger partial charge in [-0.15, -0.1) is 0 Å². The van der Waals surface area contributed by atoms with Gasteiger partial charge in [0.25, 0.3) is 0 Å². The van der Waals surface area contributed by atoms with Crippen molar-refractivity contribution in [3.05, 3.63) is 84.4 Å². The lowest BCUT2D eigenvalue weighted by Gasteiger charge is -2.31. The predicted molar refractivity (Wildman–Crippen MR) is 75.6 cm³/mol. The minimum atomic E-state index is -0.936. The van der Waals surface area contributed by atoms with E-state index in [0.29, 0.717) is 0 Å². The van der Waals surface area contributed by atoms with Crippen LogP contribution in [-0.2, 0) is 15.1 Å². The van der Waals surface area contributed by atoms with Gasteiger partial charge in [-0.25, -0.2) is 0 Å². The van der Waals surface area contributed by atoms with Crippen LogP contribution in [0.1, 0.15) is 18.1 Å². The Morgan fingerprint density at radius 1 is 1.00 bits per heavy atom. The van der Waals surface area contributed by atoms with Gasteiger partial charge in [-0.05, 0) is 6.08 Å². The van der Waals surface area contributed by atoms with Crippen molar-refractivity contribution >= 4 is 5.97 Å². The summed E-state index contributed by atoms with van der Waals surface area (Å²) in [6.45, 7) is 5.27. The van der Waals surface area contributed by atoms with E-state index < -0.39 is 5.60 Å². The average molecular weight is 252 g/mol. The standard InChI is InChI=1S/C17H16O2/c1-3-17(19-14(2)18,15-10-6-4-7-11-15)16-12-8-5-9-13-16/h3-13H,1H2,2H3. The summed E-state index contributed by atoms with van der Waals surface area (Å²) in [4.78, 5) is 11.5. The Hall–Kier alpha value is -2.35. The van der Waals surface area contributed by atoms with Crippen LogP contribution in [0, 0.1) is 0 Å². The lowest BCUT2D eigenvalue weighted by atomic mass is 9.86. The van der Waals surface area contributed by atoms with Gasteiger partial charge >= 0.3 is 5.97 Å². The van der Waals surface area contributed by atoms with Crippen LogP contribution >= 0.6 is 0 Å². The highest BCUT2D eigenvalue weighted by atomic mass is 16.6. The van der Waals surface area contributed by atoms with Crippen molar-refractivity contribution in [1.82, 2.24) is 0 Å². The first-order valence-corrected chi connectivity index (χ1v) is 6.13. The molecule has 2 aromatic carbocycles. The van der Waals surface area contributed by atoms with Crippen LogP contribution in [0.2, 0.25) is 0 Å². The first-order valence-electron chi connectivity index (χ1n) is 6.13. The molecule has 2 heteroatoms. The van der Waals surface area contributed by atoms with Gasteiger partial charge in [0.15, 0.2) is 5.60 Å². The molecule has 2 aromatic rings. The first kappa shape index (κ1) is 13.1. The van der Waals surface area contributed by atoms with Crippen molar-refractivity contribution < 1.29 is 9.53 Å². The molecule has 0 bridgehead atoms. The van der Waals surface area contributed by atoms with E-state index in [1.807, 2.05) is 60.7 Å². The van der Waals surface area contributed by atoms with Gasteiger partial charge in [-0.2, -0.15) is 0 Å². The summed E-state index contributed by atoms with van der Waals surface area (Å²) in [6.07, 6.45) is 1.67. The summed E-state index contributed by atoms with van der Waals surface area (Å²) in [5, 5.41) is 0. The fourth-order valence-corrected chi connectivity index (χ4v) is 2.16. The summed E-state index contributed by atoms with van der Waals surface area (Å²) in [6, 6.07) is 19.2. The Kier molecular flexibility index (Phi) is 3.81. The molecule has 0 atom stereocenters. The lowest BCUT2D eigenvalue weighted by molar-refractivity contribution is -0.150. The molecular formula is C17H16O2. The molecule has 0 aliphatic carbocycles. The summed E-state index contributed by atoms with van der Waals surface area (Å²) >= 11 is 0. The third-order valence-electron chi connectivity index (χ3n) is 3.00. The van der Waals surface area contributed by atoms with E-state index in [0.717, 1.165) is 11.1 Å². The molecule has 0 spiro atoms. The minimum Gasteiger partial charge on any atom is -0.445 e. The van der Waals surface area contributed by atoms with Gasteiger partial charge in [-0.1, -0.05) is 67.2 Å². The molecule has 0 N–H and O–H groups in total. The van der Waals surface area contributed by atoms with Crippen molar-refractivity contribution in [3.63, 3.8) is 0 Å². The molecule has 0 aliphatic heterocycles. The quantitative estimate of drug-likeness (QED) is 0.613. The highest BCUT2D eigenvalue weighted by molar-refractivity contribution is 5.68. The van der Waals surface area contributed by atoms with Crippen molar-refractivity contribution in [2.24, 2.45) is 0 Å². The van der Waals surface area contributed by atoms with Crippen LogP contribution in [0.15, 0.2) is 73.3 Å². The van der Waals surface area contributed by atoms with E-state index in [1.54, 1.807) is 6.08 Å². The Bertz CT molecular complexity index is 519. The monoisotopic (exact) mass is 252 g/mol. The Morgan fingerprint density at radius 3 is 1.74 bits per heavy atom. The molecule has 0 unspecified atom stereocenters. The molecule has 0 saturated carbocycles. The maximum atomic E-state index is 11.5. The number of ether oxygens (including phenoxy) is 1. The molecule has 0 saturated heterocycles. The van der Waals surface area contributed by atoms with E-state index in [-0.39, 0.29) is 5.97 Å². The van der Waals surface area contributed by atoms with E-state index in [4.69, 9.17) is 4.74 Å². The first-order chi connectivity index (χ1) is 9.19. The second-order valence-corrected chi connectivity index (χ2v) is 4.27. The Morgan fingerprint density at radius 2 is 1.42 bits per heavy atom. The third kappa shape index (κ3) is 2.58. The fraction of sp³-hybridized carbons (Fsp3) is 0.118. The summed E-state index contributed by atoms with van der Waals surface area (Å²) in [5.74, 6) is -0.340. The number of esters is 1. The zero-order valence-corrected chi connectivity index (χ0v) is 10.9. The maximum absolute atomic E-state index is 11.5. The van der Waals surface area contributed by atoms with Gasteiger partial charge in [-0.3, -0.25) is 4.79 Å². The summed E-state index contributed by atoms with van der Waals surface area (Å²) in [7, 11) is 0. The number of hydrogen-bond acceptors (Lipinski definition) is 2. The van der Waals surface area contributed by atoms with Crippen LogP contribution in [0.4, 0.5) is 0 Å². The van der Waals surface area contributed by atoms with Crippen LogP contribution in [0.3, 0.4) is 0 Å². The molecule has 0 heterocycles. The van der Waals surface area contributed by atoms with Crippen molar-refractivity contribution in [2.75, 3.05) is 0 Å². The molecular weight excluding hydrogens is 236 g/mol. The maximum Gasteiger partial charge on any atom is 0.304 e. The number of rotatable bonds is 4. The SMILES string of the molecule is C=CC(OC(C)=O)(c1ccccc1)c1ccccc1. The Balaban J connectivity index is 2.61. The molecule has 0 amide bonds. The fourth-order valence-electron chi connectivity index (χ4n) is 2.16. The second-order valence-electron chi connectivity index (χ2n) is 4.27. The molecule has 2 rings (SSSR count). The molecule has 0 aromatic heterocycles. The van der Waals surface area contributed by atoms with E-state index >= 15 is 0 Å². The van der Waals surface area contributed by atoms with Crippen molar-refractivity contribution in [3.8, 4) is 0 Å². The summed E-state index contributed by atoms with van der Waals surface area (Å²) in [5.41, 5.74) is 0.826. The number of benzene rings is 2. The van der Waals surface area contributed by atoms with Gasteiger partial charge in [0.05, 0.1) is 0 Å². The molecule has 0 radical (unpaired) electrons. The normalized spacial score (nSPS) is 10.8. The second kappa shape index (κ2) is 5.53. The number of carbonyl (C=O) groups is 1. The van der Waals surface area contributed by atoms with Gasteiger partial charge in [0.2, 0.25) is 0 Å². The minimum absolute atomic E-state index is 0.340. The number of hydrogen-bond donors (Lipinski definition) is 0. The molecule has 0 aliphatic rings. The highest BCUT2D eigenvalue weighted by Crippen LogP contribution is 2.34. The van der Waals surface area contributed by atoms with Gasteiger partial charge in [0.1, 0.15) is 0 Å². The van der Waals surface area contributed by atoms with E-state index in [9.17, 15) is 4.79 Å². The van der Waals surface area contributed by atoms with Crippen LogP contribution in [-0.4, -0.2) is 5.97 Å². The zero-order valence-electron chi connectivity index (χ0n) is 10.9. The average Bonchev–Trinajstić information content (AvgIpc) is 2.46. The highest BCUT2D eigenvalue weighted by Gasteiger charge is 2.34. The Labute approximate surface area is 113 Å². The smallest absolute Gasteiger partial charge is 0.304 e. The van der Waals surface area contributed by atoms with Crippen molar-refractivity contribution in [1.29, 1.82) is 0 Å². The van der Waals surface area contributed by atoms with Gasteiger partial charge in [0, 0.05) is 18.1 Å². The van der Waals surface area contributed by atoms with E-state index in [1.165, 1.54) is 6.92 Å².